The molecule has 0 saturated carbocycles. The maximum Gasteiger partial charge on any atom is 1.00 e. The normalized spacial score (nSPS) is 18.7. The van der Waals surface area contributed by atoms with Gasteiger partial charge in [-0.2, -0.15) is 6.42 Å². The minimum Gasteiger partial charge on any atom is -0.870 e. The van der Waals surface area contributed by atoms with E-state index < -0.39 is 23.5 Å². The van der Waals surface area contributed by atoms with Gasteiger partial charge in [0.25, 0.3) is 5.91 Å². The van der Waals surface area contributed by atoms with Crippen LogP contribution in [0.15, 0.2) is 77.0 Å². The van der Waals surface area contributed by atoms with Crippen LogP contribution in [0.4, 0.5) is 4.39 Å². The molecule has 0 aliphatic carbocycles. The predicted molar refractivity (Wildman–Crippen MR) is 296 cm³/mol. The molecule has 2 aromatic carbocycles. The second-order valence-electron chi connectivity index (χ2n) is 20.0. The number of nitrogens with one attached hydrogen (secondary N) is 1. The van der Waals surface area contributed by atoms with Crippen LogP contribution in [0.5, 0.6) is 0 Å². The standard InChI is InChI=1S/C56H76FN10O4.C2H6.K.H2O/c1-11-49(54(59)68)67-51-31-48(57)44(29-50(51)62(9)56(67)70)34-63-24-25-66(38(5)32-63)33-41-14-20-65(21-15-41)55(69)43-26-36(3)53(37(4)27-43)42-16-22-64(23-17-42)40(7)35(2)28-47-39(6)61-19-13-46(47)52(71-10)30-45(60-8)12-18-58;1-2;;/h12-13,16,18-19,26-31,38,40-41,49,52,60H,1,11,14-15,17,20-25,32-34,58H2,2-10H3,(H2,59,68);1-2H3;;1H2/q-1;;+1;/p-1/b18-12-,35-28+,45-30+;;;. The average molecular weight is 1060 g/mol. The van der Waals surface area contributed by atoms with Gasteiger partial charge in [-0.05, 0) is 137 Å². The fraction of sp³-hybridized carbons (Fsp3) is 0.500. The number of fused-ring (bicyclic) bond motifs is 1. The Morgan fingerprint density at radius 1 is 1.04 bits per heavy atom. The molecule has 5 heterocycles. The van der Waals surface area contributed by atoms with Crippen LogP contribution >= 0.6 is 0 Å². The van der Waals surface area contributed by atoms with E-state index in [2.05, 4.69) is 90.8 Å². The minimum absolute atomic E-state index is 0. The molecular formula is C58H83FKN10O5-. The topological polar surface area (TPSA) is 190 Å². The van der Waals surface area contributed by atoms with Gasteiger partial charge in [-0.15, -0.1) is 0 Å². The van der Waals surface area contributed by atoms with Crippen LogP contribution < -0.4 is 73.9 Å². The van der Waals surface area contributed by atoms with E-state index in [4.69, 9.17) is 16.2 Å². The summed E-state index contributed by atoms with van der Waals surface area (Å²) in [5.74, 6) is -0.496. The second kappa shape index (κ2) is 28.9. The molecule has 3 aliphatic heterocycles. The van der Waals surface area contributed by atoms with E-state index in [9.17, 15) is 14.4 Å². The summed E-state index contributed by atoms with van der Waals surface area (Å²) < 4.78 is 24.3. The van der Waals surface area contributed by atoms with Crippen LogP contribution in [0.2, 0.25) is 0 Å². The molecule has 4 unspecified atom stereocenters. The van der Waals surface area contributed by atoms with Gasteiger partial charge >= 0.3 is 57.1 Å². The molecule has 4 atom stereocenters. The number of piperazine rings is 1. The molecule has 2 fully saturated rings. The van der Waals surface area contributed by atoms with Gasteiger partial charge < -0.3 is 38.8 Å². The van der Waals surface area contributed by atoms with Gasteiger partial charge in [-0.1, -0.05) is 31.6 Å². The number of likely N-dealkylation sites (tertiary alicyclic amines) is 1. The summed E-state index contributed by atoms with van der Waals surface area (Å²) in [5.41, 5.74) is 23.0. The zero-order valence-electron chi connectivity index (χ0n) is 46.9. The Balaban J connectivity index is 0.00000301. The number of amides is 2. The van der Waals surface area contributed by atoms with Crippen molar-refractivity contribution >= 4 is 34.5 Å². The third kappa shape index (κ3) is 14.7. The molecule has 7 rings (SSSR count). The van der Waals surface area contributed by atoms with Crippen LogP contribution in [-0.2, 0) is 23.1 Å². The van der Waals surface area contributed by atoms with Crippen molar-refractivity contribution < 1.29 is 75.6 Å². The Morgan fingerprint density at radius 2 is 1.72 bits per heavy atom. The molecule has 0 spiro atoms. The van der Waals surface area contributed by atoms with E-state index in [1.807, 2.05) is 57.1 Å². The van der Waals surface area contributed by atoms with Gasteiger partial charge in [0, 0.05) is 133 Å². The quantitative estimate of drug-likeness (QED) is 0.0749. The van der Waals surface area contributed by atoms with Crippen molar-refractivity contribution in [3.63, 3.8) is 0 Å². The number of hydrogen-bond donors (Lipinski definition) is 3. The first-order valence-corrected chi connectivity index (χ1v) is 26.2. The van der Waals surface area contributed by atoms with Gasteiger partial charge in [-0.3, -0.25) is 38.4 Å². The fourth-order valence-corrected chi connectivity index (χ4v) is 11.1. The Labute approximate surface area is 488 Å². The number of aryl methyl sites for hydroxylation is 4. The summed E-state index contributed by atoms with van der Waals surface area (Å²) >= 11 is 0. The van der Waals surface area contributed by atoms with Crippen molar-refractivity contribution in [2.24, 2.45) is 24.4 Å². The van der Waals surface area contributed by atoms with Crippen LogP contribution in [-0.4, -0.2) is 130 Å². The number of carbonyl (C=O) groups excluding carboxylic acids is 2. The molecule has 2 amide bonds. The Hall–Kier alpha value is -4.27. The van der Waals surface area contributed by atoms with Crippen molar-refractivity contribution in [2.75, 3.05) is 66.5 Å². The zero-order valence-corrected chi connectivity index (χ0v) is 50.0. The number of aromatic nitrogens is 3. The van der Waals surface area contributed by atoms with Crippen LogP contribution in [0.25, 0.3) is 22.7 Å². The van der Waals surface area contributed by atoms with Crippen molar-refractivity contribution in [1.29, 1.82) is 0 Å². The van der Waals surface area contributed by atoms with Crippen LogP contribution in [0.1, 0.15) is 122 Å². The maximum absolute atomic E-state index is 15.6. The number of ether oxygens (including phenoxy) is 1. The van der Waals surface area contributed by atoms with Gasteiger partial charge in [0.05, 0.1) is 17.1 Å². The first-order valence-electron chi connectivity index (χ1n) is 26.2. The summed E-state index contributed by atoms with van der Waals surface area (Å²) in [6.45, 7) is 27.9. The molecule has 2 saturated heterocycles. The van der Waals surface area contributed by atoms with Gasteiger partial charge in [-0.25, -0.2) is 9.18 Å². The number of nitrogens with zero attached hydrogens (tertiary/aromatic N) is 7. The van der Waals surface area contributed by atoms with Crippen molar-refractivity contribution in [1.82, 2.24) is 39.0 Å². The molecular weight excluding hydrogens is 975 g/mol. The number of imidazole rings is 1. The van der Waals surface area contributed by atoms with Crippen LogP contribution in [0, 0.1) is 39.4 Å². The molecule has 17 heteroatoms. The van der Waals surface area contributed by atoms with E-state index in [1.165, 1.54) is 38.1 Å². The van der Waals surface area contributed by atoms with Gasteiger partial charge in [0.1, 0.15) is 11.9 Å². The third-order valence-corrected chi connectivity index (χ3v) is 15.4. The molecule has 15 nitrogen and oxygen atoms in total. The Bertz CT molecular complexity index is 2770. The summed E-state index contributed by atoms with van der Waals surface area (Å²) in [6.07, 6.45) is 14.5. The second-order valence-corrected chi connectivity index (χ2v) is 20.0. The van der Waals surface area contributed by atoms with E-state index in [1.54, 1.807) is 20.2 Å². The Kier molecular flexibility index (Phi) is 24.4. The van der Waals surface area contributed by atoms with Crippen molar-refractivity contribution in [3.8, 4) is 0 Å². The molecule has 3 aliphatic rings. The smallest absolute Gasteiger partial charge is 0.870 e. The molecule has 0 bridgehead atoms. The van der Waals surface area contributed by atoms with Gasteiger partial charge in [0.15, 0.2) is 0 Å². The molecule has 0 radical (unpaired) electrons. The maximum atomic E-state index is 15.6. The van der Waals surface area contributed by atoms with E-state index in [0.29, 0.717) is 29.1 Å². The first-order chi connectivity index (χ1) is 35.0. The molecule has 404 valence electrons. The minimum atomic E-state index is -0.950. The number of likely N-dealkylation sites (N-methyl/N-ethyl adjacent to an activating group) is 1. The number of carbonyl (C=O) groups is 2. The molecule has 4 aromatic rings. The molecule has 75 heavy (non-hydrogen) atoms. The number of allylic oxidation sites excluding steroid dienone is 1. The number of halogens is 1. The molecule has 6 N–H and O–H groups in total. The summed E-state index contributed by atoms with van der Waals surface area (Å²) in [6, 6.07) is 8.81. The third-order valence-electron chi connectivity index (χ3n) is 15.4. The number of hydrogen-bond acceptors (Lipinski definition) is 11. The number of piperidine rings is 1. The van der Waals surface area contributed by atoms with Gasteiger partial charge in [0.2, 0.25) is 5.91 Å². The van der Waals surface area contributed by atoms with Crippen molar-refractivity contribution in [2.45, 2.75) is 112 Å². The zero-order chi connectivity index (χ0) is 53.3. The first kappa shape index (κ1) is 63.3. The predicted octanol–water partition coefficient (Wildman–Crippen LogP) is 4.81. The van der Waals surface area contributed by atoms with E-state index >= 15 is 4.39 Å². The number of methoxy groups -OCH3 is 1. The monoisotopic (exact) mass is 1060 g/mol. The number of rotatable bonds is 17. The SMILES string of the molecule is CC.[CH2-]CC(C(N)=O)n1c(=O)n(C)c2cc(CN3CCN(CC4CCN(C(=O)c5cc(C)c(C6=CCN(C(C)/C(C)=C/c7c(C(/C=C(\C=C/N)NC)OC)ccnc7C)CC6)c(C)c5)CC4)C(C)C3)c(F)cc21.[K+].[OH-]. The van der Waals surface area contributed by atoms with E-state index in [-0.39, 0.29) is 87.4 Å². The number of nitrogens with two attached hydrogens (primary N) is 2. The number of primary amides is 1. The largest absolute Gasteiger partial charge is 1.00 e. The fourth-order valence-electron chi connectivity index (χ4n) is 11.1. The number of pyridine rings is 1. The summed E-state index contributed by atoms with van der Waals surface area (Å²) in [4.78, 5) is 53.2. The van der Waals surface area contributed by atoms with E-state index in [0.717, 1.165) is 111 Å². The number of benzene rings is 2. The summed E-state index contributed by atoms with van der Waals surface area (Å²) in [7, 11) is 5.20. The van der Waals surface area contributed by atoms with Crippen LogP contribution in [0.3, 0.4) is 0 Å². The Morgan fingerprint density at radius 3 is 2.29 bits per heavy atom. The summed E-state index contributed by atoms with van der Waals surface area (Å²) in [5, 5.41) is 3.18. The average Bonchev–Trinajstić information content (AvgIpc) is 3.61. The van der Waals surface area contributed by atoms with Crippen molar-refractivity contribution in [3.05, 3.63) is 140 Å². The molecule has 2 aromatic heterocycles.